The highest BCUT2D eigenvalue weighted by Crippen LogP contribution is 2.39. The fraction of sp³-hybridized carbons (Fsp3) is 0.906. The number of carboxylic acid groups (broad SMARTS) is 2. The number of carboxylic acids is 2. The summed E-state index contributed by atoms with van der Waals surface area (Å²) >= 11 is 0. The van der Waals surface area contributed by atoms with E-state index in [2.05, 4.69) is 5.32 Å². The van der Waals surface area contributed by atoms with Crippen molar-refractivity contribution in [2.45, 2.75) is 146 Å². The third-order valence-electron chi connectivity index (χ3n) is 10.5. The summed E-state index contributed by atoms with van der Waals surface area (Å²) in [5.74, 6) is -6.37. The van der Waals surface area contributed by atoms with E-state index >= 15 is 0 Å². The smallest absolute Gasteiger partial charge is 0.335 e. The molecule has 4 saturated heterocycles. The molecule has 19 nitrogen and oxygen atoms in total. The van der Waals surface area contributed by atoms with Gasteiger partial charge in [-0.05, 0) is 12.3 Å². The molecule has 8 unspecified atom stereocenters. The second-order valence-corrected chi connectivity index (χ2v) is 13.9. The Bertz CT molecular complexity index is 1190. The van der Waals surface area contributed by atoms with Gasteiger partial charge in [-0.25, -0.2) is 9.59 Å². The monoisotopic (exact) mass is 739 g/mol. The van der Waals surface area contributed by atoms with E-state index in [1.54, 1.807) is 20.8 Å². The molecule has 0 radical (unpaired) electrons. The maximum absolute atomic E-state index is 12.5. The minimum absolute atomic E-state index is 0.181. The van der Waals surface area contributed by atoms with Crippen molar-refractivity contribution in [2.24, 2.45) is 23.7 Å². The van der Waals surface area contributed by atoms with Gasteiger partial charge in [-0.2, -0.15) is 0 Å². The highest BCUT2D eigenvalue weighted by molar-refractivity contribution is 5.74. The lowest BCUT2D eigenvalue weighted by Gasteiger charge is -2.50. The number of carbonyl (C=O) groups is 3. The molecule has 0 aliphatic carbocycles. The molecule has 0 aromatic rings. The Morgan fingerprint density at radius 2 is 1.16 bits per heavy atom. The second kappa shape index (κ2) is 17.4. The Hall–Kier alpha value is -2.11. The van der Waals surface area contributed by atoms with Crippen LogP contribution in [0, 0.1) is 23.7 Å². The van der Waals surface area contributed by atoms with E-state index in [0.29, 0.717) is 0 Å². The third-order valence-corrected chi connectivity index (χ3v) is 10.5. The fourth-order valence-electron chi connectivity index (χ4n) is 7.07. The van der Waals surface area contributed by atoms with Gasteiger partial charge in [-0.15, -0.1) is 0 Å². The van der Waals surface area contributed by atoms with Crippen LogP contribution in [0.4, 0.5) is 0 Å². The van der Waals surface area contributed by atoms with E-state index in [-0.39, 0.29) is 6.42 Å². The summed E-state index contributed by atoms with van der Waals surface area (Å²) in [6.45, 7) is 8.77. The Morgan fingerprint density at radius 3 is 1.71 bits per heavy atom. The summed E-state index contributed by atoms with van der Waals surface area (Å²) < 4.78 is 46.5. The minimum Gasteiger partial charge on any atom is -0.479 e. The topological polar surface area (TPSA) is 279 Å². The molecule has 0 aromatic carbocycles. The van der Waals surface area contributed by atoms with Crippen molar-refractivity contribution in [1.29, 1.82) is 0 Å². The van der Waals surface area contributed by atoms with Crippen molar-refractivity contribution in [1.82, 2.24) is 5.32 Å². The van der Waals surface area contributed by atoms with Crippen molar-refractivity contribution in [3.63, 3.8) is 0 Å². The van der Waals surface area contributed by atoms with Gasteiger partial charge in [-0.3, -0.25) is 4.79 Å². The van der Waals surface area contributed by atoms with Crippen LogP contribution in [-0.4, -0.2) is 166 Å². The molecule has 0 aromatic heterocycles. The molecule has 0 spiro atoms. The van der Waals surface area contributed by atoms with Gasteiger partial charge in [0.1, 0.15) is 42.7 Å². The Kier molecular flexibility index (Phi) is 14.2. The summed E-state index contributed by atoms with van der Waals surface area (Å²) in [6.07, 6.45) is -20.4. The van der Waals surface area contributed by atoms with Crippen LogP contribution in [0.5, 0.6) is 0 Å². The molecule has 0 saturated carbocycles. The van der Waals surface area contributed by atoms with Crippen molar-refractivity contribution >= 4 is 17.8 Å². The fourth-order valence-corrected chi connectivity index (χ4v) is 7.07. The molecule has 4 aliphatic heterocycles. The van der Waals surface area contributed by atoms with Gasteiger partial charge in [0.15, 0.2) is 37.4 Å². The van der Waals surface area contributed by atoms with Crippen LogP contribution < -0.4 is 5.32 Å². The average Bonchev–Trinajstić information content (AvgIpc) is 3.08. The van der Waals surface area contributed by atoms with Crippen LogP contribution in [-0.2, 0) is 52.3 Å². The lowest BCUT2D eigenvalue weighted by Crippen LogP contribution is -2.68. The first-order valence-corrected chi connectivity index (χ1v) is 17.1. The number of ether oxygens (including phenoxy) is 8. The first-order valence-electron chi connectivity index (χ1n) is 17.1. The lowest BCUT2D eigenvalue weighted by atomic mass is 9.84. The third kappa shape index (κ3) is 8.66. The van der Waals surface area contributed by atoms with Gasteiger partial charge in [-0.1, -0.05) is 34.6 Å². The SMILES string of the molecule is CCC1O[C@@H](O[C@@H]2C(C(=O)O)O[C@@H](OC)C(O)[C@H]2C)C(NC(C)=O)[C@@H](O[C@@H]2OC(C(=O)O)[C@@H](O[C@@H]3OC(CO)[C@@H](O)[C@H](C)C3C)[C@H](O)C2C)[C@@H]1O. The predicted molar refractivity (Wildman–Crippen MR) is 167 cm³/mol. The van der Waals surface area contributed by atoms with Crippen LogP contribution in [0.2, 0.25) is 0 Å². The van der Waals surface area contributed by atoms with Gasteiger partial charge in [0.05, 0.1) is 24.9 Å². The summed E-state index contributed by atoms with van der Waals surface area (Å²) in [5, 5.41) is 76.5. The average molecular weight is 740 g/mol. The van der Waals surface area contributed by atoms with E-state index in [0.717, 1.165) is 0 Å². The van der Waals surface area contributed by atoms with Crippen LogP contribution in [0.1, 0.15) is 48.0 Å². The van der Waals surface area contributed by atoms with Gasteiger partial charge < -0.3 is 79.0 Å². The van der Waals surface area contributed by atoms with Crippen molar-refractivity contribution < 1.29 is 88.0 Å². The zero-order chi connectivity index (χ0) is 38.1. The lowest BCUT2D eigenvalue weighted by molar-refractivity contribution is -0.361. The normalized spacial score (nSPS) is 47.8. The van der Waals surface area contributed by atoms with Gasteiger partial charge in [0, 0.05) is 31.8 Å². The number of rotatable bonds is 12. The highest BCUT2D eigenvalue weighted by atomic mass is 16.8. The molecule has 4 fully saturated rings. The standard InChI is InChI=1S/C32H53NO18/c1-8-15-21(39)23(17(33-14(6)35)31(45-15)47-22-12(4)20(38)32(44-7)51-25(22)27(40)41)48-30-13(5)19(37)24(26(50-30)28(42)43)49-29-11(3)10(2)18(36)16(9-34)46-29/h10-13,15-26,29-32,34,36-39H,8-9H2,1-7H3,(H,33,35)(H,40,41)(H,42,43)/t10-,11?,12-,13?,15?,16?,17?,18+,19-,20?,21-,22+,23-,24+,25?,26?,29+,30-,31+,32-/m1/s1. The number of carbonyl (C=O) groups excluding carboxylic acids is 1. The molecule has 19 heteroatoms. The van der Waals surface area contributed by atoms with E-state index < -0.39 is 146 Å². The zero-order valence-electron chi connectivity index (χ0n) is 29.6. The number of hydrogen-bond acceptors (Lipinski definition) is 16. The predicted octanol–water partition coefficient (Wildman–Crippen LogP) is -2.25. The molecule has 0 bridgehead atoms. The number of methoxy groups -OCH3 is 1. The van der Waals surface area contributed by atoms with Crippen molar-refractivity contribution in [2.75, 3.05) is 13.7 Å². The molecule has 4 heterocycles. The summed E-state index contributed by atoms with van der Waals surface area (Å²) in [4.78, 5) is 37.2. The second-order valence-electron chi connectivity index (χ2n) is 13.9. The van der Waals surface area contributed by atoms with Crippen LogP contribution >= 0.6 is 0 Å². The van der Waals surface area contributed by atoms with Crippen LogP contribution in [0.15, 0.2) is 0 Å². The number of aliphatic carboxylic acids is 2. The number of amides is 1. The maximum Gasteiger partial charge on any atom is 0.335 e. The molecule has 1 amide bonds. The Morgan fingerprint density at radius 1 is 0.627 bits per heavy atom. The largest absolute Gasteiger partial charge is 0.479 e. The molecule has 8 N–H and O–H groups in total. The highest BCUT2D eigenvalue weighted by Gasteiger charge is 2.56. The first-order chi connectivity index (χ1) is 24.0. The summed E-state index contributed by atoms with van der Waals surface area (Å²) in [7, 11) is 1.24. The molecule has 51 heavy (non-hydrogen) atoms. The molecule has 20 atom stereocenters. The number of aliphatic hydroxyl groups is 5. The van der Waals surface area contributed by atoms with Crippen molar-refractivity contribution in [3.05, 3.63) is 0 Å². The molecular weight excluding hydrogens is 686 g/mol. The number of hydrogen-bond donors (Lipinski definition) is 8. The molecule has 294 valence electrons. The van der Waals surface area contributed by atoms with Gasteiger partial charge in [0.25, 0.3) is 0 Å². The summed E-state index contributed by atoms with van der Waals surface area (Å²) in [6, 6.07) is -1.36. The van der Waals surface area contributed by atoms with E-state index in [1.165, 1.54) is 27.9 Å². The van der Waals surface area contributed by atoms with Crippen LogP contribution in [0.3, 0.4) is 0 Å². The van der Waals surface area contributed by atoms with Crippen molar-refractivity contribution in [3.8, 4) is 0 Å². The van der Waals surface area contributed by atoms with E-state index in [4.69, 9.17) is 37.9 Å². The van der Waals surface area contributed by atoms with Gasteiger partial charge in [0.2, 0.25) is 5.91 Å². The summed E-state index contributed by atoms with van der Waals surface area (Å²) in [5.41, 5.74) is 0. The molecule has 4 aliphatic rings. The molecular formula is C32H53NO18. The Balaban J connectivity index is 1.60. The van der Waals surface area contributed by atoms with E-state index in [1.807, 2.05) is 0 Å². The number of nitrogens with one attached hydrogen (secondary N) is 1. The maximum atomic E-state index is 12.5. The first kappa shape index (κ1) is 41.6. The number of aliphatic hydroxyl groups excluding tert-OH is 5. The van der Waals surface area contributed by atoms with E-state index in [9.17, 15) is 50.1 Å². The molecule has 4 rings (SSSR count). The zero-order valence-corrected chi connectivity index (χ0v) is 29.6. The quantitative estimate of drug-likeness (QED) is 0.105. The Labute approximate surface area is 295 Å². The minimum atomic E-state index is -1.83. The van der Waals surface area contributed by atoms with Gasteiger partial charge >= 0.3 is 11.9 Å². The van der Waals surface area contributed by atoms with Crippen LogP contribution in [0.25, 0.3) is 0 Å².